The Bertz CT molecular complexity index is 3730. The Morgan fingerprint density at radius 1 is 0.241 bits per heavy atom. The minimum atomic E-state index is 0.847. The standard InChI is InChI=1S/C54H32N2O2/c1-3-11-33(12-4-1)34-19-23-49-41(27-34)42-28-35(20-24-50(42)55(49)37-13-5-2-6-14-37)36-21-25-51-43(29-36)45-31-54-46(32-53(45)57-51)44-30-38(22-26-52(44)58-54)56-47-17-9-7-15-39(47)40-16-8-10-18-48(40)56/h1-32H. The smallest absolute Gasteiger partial charge is 0.136 e. The lowest BCUT2D eigenvalue weighted by atomic mass is 9.99. The average Bonchev–Trinajstić information content (AvgIpc) is 4.02. The molecule has 0 saturated carbocycles. The van der Waals surface area contributed by atoms with E-state index in [1.165, 1.54) is 54.7 Å². The molecule has 13 rings (SSSR count). The Morgan fingerprint density at radius 2 is 0.672 bits per heavy atom. The zero-order valence-electron chi connectivity index (χ0n) is 31.2. The topological polar surface area (TPSA) is 36.1 Å². The molecule has 270 valence electrons. The lowest BCUT2D eigenvalue weighted by molar-refractivity contribution is 0.664. The molecule has 4 heteroatoms. The molecule has 4 heterocycles. The average molecular weight is 741 g/mol. The number of benzene rings is 9. The van der Waals surface area contributed by atoms with Crippen molar-refractivity contribution in [3.63, 3.8) is 0 Å². The Balaban J connectivity index is 0.959. The van der Waals surface area contributed by atoms with E-state index in [4.69, 9.17) is 8.83 Å². The van der Waals surface area contributed by atoms with Gasteiger partial charge in [0.25, 0.3) is 0 Å². The van der Waals surface area contributed by atoms with Crippen LogP contribution in [-0.4, -0.2) is 9.13 Å². The summed E-state index contributed by atoms with van der Waals surface area (Å²) in [5, 5.41) is 9.15. The Labute approximate surface area is 332 Å². The van der Waals surface area contributed by atoms with Gasteiger partial charge in [0.2, 0.25) is 0 Å². The van der Waals surface area contributed by atoms with Gasteiger partial charge in [0.1, 0.15) is 22.3 Å². The van der Waals surface area contributed by atoms with Crippen LogP contribution in [0.2, 0.25) is 0 Å². The minimum Gasteiger partial charge on any atom is -0.456 e. The molecule has 0 aliphatic rings. The summed E-state index contributed by atoms with van der Waals surface area (Å²) in [6.07, 6.45) is 0. The van der Waals surface area contributed by atoms with Crippen molar-refractivity contribution >= 4 is 87.5 Å². The zero-order valence-corrected chi connectivity index (χ0v) is 31.2. The fourth-order valence-electron chi connectivity index (χ4n) is 9.42. The quantitative estimate of drug-likeness (QED) is 0.180. The van der Waals surface area contributed by atoms with Gasteiger partial charge in [0, 0.05) is 54.5 Å². The lowest BCUT2D eigenvalue weighted by Gasteiger charge is -2.08. The van der Waals surface area contributed by atoms with E-state index in [2.05, 4.69) is 203 Å². The van der Waals surface area contributed by atoms with Gasteiger partial charge < -0.3 is 18.0 Å². The minimum absolute atomic E-state index is 0.847. The largest absolute Gasteiger partial charge is 0.456 e. The molecule has 0 aliphatic heterocycles. The third-order valence-corrected chi connectivity index (χ3v) is 12.1. The van der Waals surface area contributed by atoms with Crippen LogP contribution in [0.5, 0.6) is 0 Å². The molecule has 9 aromatic carbocycles. The van der Waals surface area contributed by atoms with Gasteiger partial charge in [-0.15, -0.1) is 0 Å². The van der Waals surface area contributed by atoms with Crippen molar-refractivity contribution < 1.29 is 8.83 Å². The first-order valence-corrected chi connectivity index (χ1v) is 19.7. The highest BCUT2D eigenvalue weighted by molar-refractivity contribution is 6.17. The van der Waals surface area contributed by atoms with Crippen molar-refractivity contribution in [2.45, 2.75) is 0 Å². The number of fused-ring (bicyclic) bond motifs is 12. The summed E-state index contributed by atoms with van der Waals surface area (Å²) in [7, 11) is 0. The molecule has 4 nitrogen and oxygen atoms in total. The molecule has 0 amide bonds. The number of aromatic nitrogens is 2. The third kappa shape index (κ3) is 4.51. The molecule has 0 atom stereocenters. The van der Waals surface area contributed by atoms with E-state index in [-0.39, 0.29) is 0 Å². The van der Waals surface area contributed by atoms with E-state index < -0.39 is 0 Å². The maximum atomic E-state index is 6.57. The maximum absolute atomic E-state index is 6.57. The van der Waals surface area contributed by atoms with Crippen molar-refractivity contribution in [2.75, 3.05) is 0 Å². The van der Waals surface area contributed by atoms with Crippen LogP contribution in [0.25, 0.3) is 121 Å². The van der Waals surface area contributed by atoms with E-state index in [1.54, 1.807) is 0 Å². The van der Waals surface area contributed by atoms with Gasteiger partial charge in [0.15, 0.2) is 0 Å². The van der Waals surface area contributed by atoms with E-state index in [9.17, 15) is 0 Å². The lowest BCUT2D eigenvalue weighted by Crippen LogP contribution is -1.93. The predicted molar refractivity (Wildman–Crippen MR) is 241 cm³/mol. The number of para-hydroxylation sites is 3. The van der Waals surface area contributed by atoms with E-state index in [0.29, 0.717) is 0 Å². The van der Waals surface area contributed by atoms with E-state index in [1.807, 2.05) is 0 Å². The number of hydrogen-bond acceptors (Lipinski definition) is 2. The van der Waals surface area contributed by atoms with Gasteiger partial charge in [-0.05, 0) is 113 Å². The molecule has 0 saturated heterocycles. The number of furan rings is 2. The first-order valence-electron chi connectivity index (χ1n) is 19.7. The molecule has 0 radical (unpaired) electrons. The molecule has 0 aliphatic carbocycles. The van der Waals surface area contributed by atoms with Crippen LogP contribution in [0, 0.1) is 0 Å². The molecule has 13 aromatic rings. The Kier molecular flexibility index (Phi) is 6.41. The van der Waals surface area contributed by atoms with Gasteiger partial charge in [-0.25, -0.2) is 0 Å². The van der Waals surface area contributed by atoms with Crippen molar-refractivity contribution in [1.82, 2.24) is 9.13 Å². The highest BCUT2D eigenvalue weighted by Crippen LogP contribution is 2.41. The summed E-state index contributed by atoms with van der Waals surface area (Å²) in [4.78, 5) is 0. The van der Waals surface area contributed by atoms with Crippen LogP contribution < -0.4 is 0 Å². The molecule has 0 fully saturated rings. The summed E-state index contributed by atoms with van der Waals surface area (Å²) in [6, 6.07) is 69.6. The summed E-state index contributed by atoms with van der Waals surface area (Å²) in [5.74, 6) is 0. The third-order valence-electron chi connectivity index (χ3n) is 12.1. The second-order valence-corrected chi connectivity index (χ2v) is 15.3. The molecular weight excluding hydrogens is 709 g/mol. The van der Waals surface area contributed by atoms with Crippen molar-refractivity contribution in [3.05, 3.63) is 194 Å². The Morgan fingerprint density at radius 3 is 1.29 bits per heavy atom. The molecule has 0 unspecified atom stereocenters. The van der Waals surface area contributed by atoms with Crippen molar-refractivity contribution in [1.29, 1.82) is 0 Å². The van der Waals surface area contributed by atoms with Crippen LogP contribution in [0.3, 0.4) is 0 Å². The summed E-state index contributed by atoms with van der Waals surface area (Å²) in [5.41, 5.74) is 15.1. The van der Waals surface area contributed by atoms with Crippen molar-refractivity contribution in [3.8, 4) is 33.6 Å². The first kappa shape index (κ1) is 31.4. The van der Waals surface area contributed by atoms with Gasteiger partial charge in [0.05, 0.1) is 22.1 Å². The SMILES string of the molecule is c1ccc(-c2ccc3c(c2)c2cc(-c4ccc5oc6cc7c(cc6c5c4)oc4ccc(-n5c6ccccc6c6ccccc65)cc47)ccc2n3-c2ccccc2)cc1. The molecule has 4 aromatic heterocycles. The van der Waals surface area contributed by atoms with Crippen LogP contribution in [0.4, 0.5) is 0 Å². The number of rotatable bonds is 4. The first-order chi connectivity index (χ1) is 28.7. The van der Waals surface area contributed by atoms with Gasteiger partial charge in [-0.3, -0.25) is 0 Å². The summed E-state index contributed by atoms with van der Waals surface area (Å²) >= 11 is 0. The second-order valence-electron chi connectivity index (χ2n) is 15.3. The fraction of sp³-hybridized carbons (Fsp3) is 0. The van der Waals surface area contributed by atoms with Gasteiger partial charge in [-0.1, -0.05) is 103 Å². The normalized spacial score (nSPS) is 12.1. The highest BCUT2D eigenvalue weighted by atomic mass is 16.3. The van der Waals surface area contributed by atoms with Crippen LogP contribution in [0.15, 0.2) is 203 Å². The molecule has 0 spiro atoms. The fourth-order valence-corrected chi connectivity index (χ4v) is 9.42. The van der Waals surface area contributed by atoms with E-state index in [0.717, 1.165) is 66.4 Å². The zero-order chi connectivity index (χ0) is 37.9. The monoisotopic (exact) mass is 740 g/mol. The van der Waals surface area contributed by atoms with Crippen LogP contribution in [-0.2, 0) is 0 Å². The number of hydrogen-bond donors (Lipinski definition) is 0. The summed E-state index contributed by atoms with van der Waals surface area (Å²) in [6.45, 7) is 0. The van der Waals surface area contributed by atoms with Crippen molar-refractivity contribution in [2.24, 2.45) is 0 Å². The van der Waals surface area contributed by atoms with E-state index >= 15 is 0 Å². The molecule has 0 N–H and O–H groups in total. The Hall–Kier alpha value is -7.82. The summed E-state index contributed by atoms with van der Waals surface area (Å²) < 4.78 is 17.9. The maximum Gasteiger partial charge on any atom is 0.136 e. The van der Waals surface area contributed by atoms with Crippen LogP contribution >= 0.6 is 0 Å². The predicted octanol–water partition coefficient (Wildman–Crippen LogP) is 15.0. The van der Waals surface area contributed by atoms with Gasteiger partial charge in [-0.2, -0.15) is 0 Å². The van der Waals surface area contributed by atoms with Gasteiger partial charge >= 0.3 is 0 Å². The molecule has 58 heavy (non-hydrogen) atoms. The second kappa shape index (κ2) is 11.8. The number of nitrogens with zero attached hydrogens (tertiary/aromatic N) is 2. The molecule has 0 bridgehead atoms. The highest BCUT2D eigenvalue weighted by Gasteiger charge is 2.19. The van der Waals surface area contributed by atoms with Crippen LogP contribution in [0.1, 0.15) is 0 Å². The molecular formula is C54H32N2O2.